The van der Waals surface area contributed by atoms with Crippen molar-refractivity contribution in [2.24, 2.45) is 5.92 Å². The van der Waals surface area contributed by atoms with E-state index in [0.29, 0.717) is 17.1 Å². The largest absolute Gasteiger partial charge is 0.457 e. The van der Waals surface area contributed by atoms with Crippen molar-refractivity contribution in [1.29, 1.82) is 0 Å². The van der Waals surface area contributed by atoms with Gasteiger partial charge in [0, 0.05) is 30.7 Å². The Morgan fingerprint density at radius 2 is 1.52 bits per heavy atom. The third-order valence-electron chi connectivity index (χ3n) is 6.19. The number of ether oxygens (including phenoxy) is 1. The Morgan fingerprint density at radius 1 is 0.871 bits per heavy atom. The average molecular weight is 438 g/mol. The van der Waals surface area contributed by atoms with Crippen molar-refractivity contribution < 1.29 is 9.53 Å². The van der Waals surface area contributed by atoms with Crippen LogP contribution in [0, 0.1) is 5.92 Å². The minimum Gasteiger partial charge on any atom is -0.457 e. The van der Waals surface area contributed by atoms with E-state index in [9.17, 15) is 4.79 Å². The van der Waals surface area contributed by atoms with E-state index in [-0.39, 0.29) is 5.92 Å². The van der Waals surface area contributed by atoms with Crippen LogP contribution in [0.1, 0.15) is 44.9 Å². The van der Waals surface area contributed by atoms with Crippen LogP contribution in [0.2, 0.25) is 0 Å². The minimum absolute atomic E-state index is 0.259. The molecule has 0 radical (unpaired) electrons. The highest BCUT2D eigenvalue weighted by Crippen LogP contribution is 2.27. The van der Waals surface area contributed by atoms with Gasteiger partial charge in [0.15, 0.2) is 5.11 Å². The molecule has 1 aliphatic carbocycles. The third kappa shape index (κ3) is 6.20. The lowest BCUT2D eigenvalue weighted by Crippen LogP contribution is -2.49. The Hall–Kier alpha value is -2.60. The molecular weight excluding hydrogens is 406 g/mol. The normalized spacial score (nSPS) is 17.7. The van der Waals surface area contributed by atoms with Crippen LogP contribution in [0.15, 0.2) is 54.6 Å². The lowest BCUT2D eigenvalue weighted by Gasteiger charge is -2.35. The predicted molar refractivity (Wildman–Crippen MR) is 128 cm³/mol. The summed E-state index contributed by atoms with van der Waals surface area (Å²) in [6.07, 6.45) is 7.69. The number of anilines is 1. The van der Waals surface area contributed by atoms with Gasteiger partial charge in [0.1, 0.15) is 11.5 Å². The summed E-state index contributed by atoms with van der Waals surface area (Å²) in [5.74, 6) is 2.23. The maximum absolute atomic E-state index is 12.7. The first kappa shape index (κ1) is 21.6. The number of para-hydroxylation sites is 1. The standard InChI is InChI=1S/C25H31N3O2S/c29-24(19-7-3-1-4-8-19)28-17-15-21(16-18-28)27-25(31)26-20-11-13-23(14-12-20)30-22-9-5-2-6-10-22/h2,5-6,9-14,19,21H,1,3-4,7-8,15-18H2,(H2,26,27,31). The molecule has 4 rings (SSSR count). The quantitative estimate of drug-likeness (QED) is 0.619. The number of nitrogens with zero attached hydrogens (tertiary/aromatic N) is 1. The number of rotatable bonds is 5. The van der Waals surface area contributed by atoms with Crippen LogP contribution in [0.5, 0.6) is 11.5 Å². The molecule has 6 heteroatoms. The Balaban J connectivity index is 1.20. The molecule has 0 bridgehead atoms. The molecule has 0 atom stereocenters. The summed E-state index contributed by atoms with van der Waals surface area (Å²) in [5.41, 5.74) is 0.919. The Morgan fingerprint density at radius 3 is 2.19 bits per heavy atom. The second-order valence-electron chi connectivity index (χ2n) is 8.47. The van der Waals surface area contributed by atoms with E-state index >= 15 is 0 Å². The minimum atomic E-state index is 0.259. The average Bonchev–Trinajstić information content (AvgIpc) is 2.82. The number of piperidine rings is 1. The lowest BCUT2D eigenvalue weighted by molar-refractivity contribution is -0.137. The highest BCUT2D eigenvalue weighted by atomic mass is 32.1. The Bertz CT molecular complexity index is 858. The number of hydrogen-bond acceptors (Lipinski definition) is 3. The molecule has 2 N–H and O–H groups in total. The first-order valence-electron chi connectivity index (χ1n) is 11.4. The van der Waals surface area contributed by atoms with Gasteiger partial charge in [-0.05, 0) is 74.3 Å². The van der Waals surface area contributed by atoms with Crippen LogP contribution in [-0.2, 0) is 4.79 Å². The number of nitrogens with one attached hydrogen (secondary N) is 2. The van der Waals surface area contributed by atoms with E-state index in [1.807, 2.05) is 54.6 Å². The molecule has 2 aliphatic rings. The maximum atomic E-state index is 12.7. The summed E-state index contributed by atoms with van der Waals surface area (Å²) >= 11 is 5.50. The van der Waals surface area contributed by atoms with E-state index in [0.717, 1.165) is 56.0 Å². The van der Waals surface area contributed by atoms with Crippen molar-refractivity contribution in [1.82, 2.24) is 10.2 Å². The van der Waals surface area contributed by atoms with Crippen molar-refractivity contribution in [3.63, 3.8) is 0 Å². The summed E-state index contributed by atoms with van der Waals surface area (Å²) < 4.78 is 5.82. The van der Waals surface area contributed by atoms with Crippen LogP contribution in [0.4, 0.5) is 5.69 Å². The summed E-state index contributed by atoms with van der Waals surface area (Å²) in [6.45, 7) is 1.64. The topological polar surface area (TPSA) is 53.6 Å². The maximum Gasteiger partial charge on any atom is 0.225 e. The molecule has 2 aromatic rings. The molecule has 1 heterocycles. The van der Waals surface area contributed by atoms with Gasteiger partial charge in [-0.15, -0.1) is 0 Å². The summed E-state index contributed by atoms with van der Waals surface area (Å²) in [5, 5.41) is 7.28. The van der Waals surface area contributed by atoms with Crippen molar-refractivity contribution in [3.8, 4) is 11.5 Å². The van der Waals surface area contributed by atoms with Crippen molar-refractivity contribution >= 4 is 28.9 Å². The molecule has 31 heavy (non-hydrogen) atoms. The van der Waals surface area contributed by atoms with Gasteiger partial charge in [0.05, 0.1) is 0 Å². The zero-order valence-electron chi connectivity index (χ0n) is 17.9. The number of thiocarbonyl (C=S) groups is 1. The molecule has 1 saturated heterocycles. The second kappa shape index (κ2) is 10.6. The van der Waals surface area contributed by atoms with Crippen LogP contribution in [0.3, 0.4) is 0 Å². The fourth-order valence-corrected chi connectivity index (χ4v) is 4.72. The molecule has 1 saturated carbocycles. The first-order valence-corrected chi connectivity index (χ1v) is 11.8. The van der Waals surface area contributed by atoms with E-state index in [4.69, 9.17) is 17.0 Å². The number of amides is 1. The first-order chi connectivity index (χ1) is 15.2. The molecule has 2 aromatic carbocycles. The third-order valence-corrected chi connectivity index (χ3v) is 6.41. The van der Waals surface area contributed by atoms with Crippen LogP contribution in [-0.4, -0.2) is 35.1 Å². The summed E-state index contributed by atoms with van der Waals surface area (Å²) in [6, 6.07) is 17.8. The van der Waals surface area contributed by atoms with Gasteiger partial charge >= 0.3 is 0 Å². The lowest BCUT2D eigenvalue weighted by atomic mass is 9.87. The zero-order valence-corrected chi connectivity index (χ0v) is 18.7. The smallest absolute Gasteiger partial charge is 0.225 e. The molecule has 0 unspecified atom stereocenters. The number of carbonyl (C=O) groups excluding carboxylic acids is 1. The Kier molecular flexibility index (Phi) is 7.41. The number of hydrogen-bond donors (Lipinski definition) is 2. The van der Waals surface area contributed by atoms with E-state index in [2.05, 4.69) is 15.5 Å². The van der Waals surface area contributed by atoms with Gasteiger partial charge in [-0.1, -0.05) is 37.5 Å². The van der Waals surface area contributed by atoms with Crippen LogP contribution >= 0.6 is 12.2 Å². The highest BCUT2D eigenvalue weighted by molar-refractivity contribution is 7.80. The second-order valence-corrected chi connectivity index (χ2v) is 8.88. The molecule has 0 aromatic heterocycles. The number of benzene rings is 2. The molecule has 1 amide bonds. The van der Waals surface area contributed by atoms with Gasteiger partial charge in [0.2, 0.25) is 5.91 Å². The highest BCUT2D eigenvalue weighted by Gasteiger charge is 2.29. The van der Waals surface area contributed by atoms with E-state index in [1.165, 1.54) is 19.3 Å². The zero-order chi connectivity index (χ0) is 21.5. The molecule has 164 valence electrons. The van der Waals surface area contributed by atoms with E-state index < -0.39 is 0 Å². The fourth-order valence-electron chi connectivity index (χ4n) is 4.44. The van der Waals surface area contributed by atoms with Gasteiger partial charge < -0.3 is 20.3 Å². The van der Waals surface area contributed by atoms with Gasteiger partial charge in [0.25, 0.3) is 0 Å². The number of carbonyl (C=O) groups is 1. The summed E-state index contributed by atoms with van der Waals surface area (Å²) in [7, 11) is 0. The molecule has 0 spiro atoms. The monoisotopic (exact) mass is 437 g/mol. The summed E-state index contributed by atoms with van der Waals surface area (Å²) in [4.78, 5) is 14.8. The van der Waals surface area contributed by atoms with E-state index in [1.54, 1.807) is 0 Å². The SMILES string of the molecule is O=C(C1CCCCC1)N1CCC(NC(=S)Nc2ccc(Oc3ccccc3)cc2)CC1. The van der Waals surface area contributed by atoms with Gasteiger partial charge in [-0.2, -0.15) is 0 Å². The van der Waals surface area contributed by atoms with Crippen LogP contribution in [0.25, 0.3) is 0 Å². The van der Waals surface area contributed by atoms with Gasteiger partial charge in [-0.3, -0.25) is 4.79 Å². The fraction of sp³-hybridized carbons (Fsp3) is 0.440. The number of likely N-dealkylation sites (tertiary alicyclic amines) is 1. The van der Waals surface area contributed by atoms with Crippen molar-refractivity contribution in [2.75, 3.05) is 18.4 Å². The molecular formula is C25H31N3O2S. The Labute approximate surface area is 190 Å². The molecule has 5 nitrogen and oxygen atoms in total. The molecule has 1 aliphatic heterocycles. The van der Waals surface area contributed by atoms with Gasteiger partial charge in [-0.25, -0.2) is 0 Å². The van der Waals surface area contributed by atoms with Crippen molar-refractivity contribution in [2.45, 2.75) is 51.0 Å². The predicted octanol–water partition coefficient (Wildman–Crippen LogP) is 5.34. The van der Waals surface area contributed by atoms with Crippen molar-refractivity contribution in [3.05, 3.63) is 54.6 Å². The molecule has 2 fully saturated rings. The van der Waals surface area contributed by atoms with Crippen LogP contribution < -0.4 is 15.4 Å².